The van der Waals surface area contributed by atoms with Crippen LogP contribution >= 0.6 is 0 Å². The SMILES string of the molecule is CCOC(C#Cc1ccccc1)C#C[Si](C)(C)C. The molecule has 0 spiro atoms. The van der Waals surface area contributed by atoms with Gasteiger partial charge in [0.05, 0.1) is 0 Å². The predicted octanol–water partition coefficient (Wildman–Crippen LogP) is 3.32. The second kappa shape index (κ2) is 7.06. The van der Waals surface area contributed by atoms with E-state index in [2.05, 4.69) is 42.9 Å². The van der Waals surface area contributed by atoms with E-state index in [4.69, 9.17) is 4.74 Å². The van der Waals surface area contributed by atoms with E-state index < -0.39 is 8.07 Å². The number of hydrogen-bond acceptors (Lipinski definition) is 1. The maximum Gasteiger partial charge on any atom is 0.179 e. The van der Waals surface area contributed by atoms with Crippen molar-refractivity contribution in [3.63, 3.8) is 0 Å². The molecule has 0 N–H and O–H groups in total. The van der Waals surface area contributed by atoms with Crippen molar-refractivity contribution < 1.29 is 4.74 Å². The van der Waals surface area contributed by atoms with Crippen LogP contribution in [0.1, 0.15) is 12.5 Å². The van der Waals surface area contributed by atoms with E-state index in [1.54, 1.807) is 0 Å². The van der Waals surface area contributed by atoms with Crippen molar-refractivity contribution >= 4 is 8.07 Å². The van der Waals surface area contributed by atoms with Crippen LogP contribution in [0.4, 0.5) is 0 Å². The molecular formula is C16H20OSi. The molecule has 0 aliphatic heterocycles. The molecule has 1 aromatic rings. The van der Waals surface area contributed by atoms with Gasteiger partial charge >= 0.3 is 0 Å². The average molecular weight is 256 g/mol. The average Bonchev–Trinajstić information content (AvgIpc) is 2.33. The summed E-state index contributed by atoms with van der Waals surface area (Å²) in [7, 11) is -1.37. The molecule has 0 aliphatic rings. The third-order valence-corrected chi connectivity index (χ3v) is 2.93. The van der Waals surface area contributed by atoms with Gasteiger partial charge in [-0.3, -0.25) is 0 Å². The summed E-state index contributed by atoms with van der Waals surface area (Å²) in [5.74, 6) is 9.34. The molecule has 1 atom stereocenters. The van der Waals surface area contributed by atoms with Crippen LogP contribution in [0.5, 0.6) is 0 Å². The zero-order valence-corrected chi connectivity index (χ0v) is 12.6. The number of ether oxygens (including phenoxy) is 1. The molecule has 0 aromatic heterocycles. The first-order valence-corrected chi connectivity index (χ1v) is 9.72. The minimum absolute atomic E-state index is 0.276. The minimum Gasteiger partial charge on any atom is -0.354 e. The second-order valence-electron chi connectivity index (χ2n) is 4.99. The molecule has 1 aromatic carbocycles. The van der Waals surface area contributed by atoms with Gasteiger partial charge in [-0.25, -0.2) is 0 Å². The molecule has 18 heavy (non-hydrogen) atoms. The molecule has 0 radical (unpaired) electrons. The molecule has 94 valence electrons. The predicted molar refractivity (Wildman–Crippen MR) is 79.9 cm³/mol. The van der Waals surface area contributed by atoms with Crippen molar-refractivity contribution in [3.05, 3.63) is 35.9 Å². The van der Waals surface area contributed by atoms with Gasteiger partial charge in [-0.15, -0.1) is 5.54 Å². The lowest BCUT2D eigenvalue weighted by atomic mass is 10.2. The Kier molecular flexibility index (Phi) is 5.72. The van der Waals surface area contributed by atoms with Gasteiger partial charge in [0.25, 0.3) is 0 Å². The van der Waals surface area contributed by atoms with Gasteiger partial charge in [-0.2, -0.15) is 0 Å². The van der Waals surface area contributed by atoms with Crippen molar-refractivity contribution in [1.82, 2.24) is 0 Å². The zero-order valence-electron chi connectivity index (χ0n) is 11.6. The van der Waals surface area contributed by atoms with Crippen LogP contribution < -0.4 is 0 Å². The van der Waals surface area contributed by atoms with Crippen molar-refractivity contribution in [2.24, 2.45) is 0 Å². The Bertz CT molecular complexity index is 477. The minimum atomic E-state index is -1.37. The summed E-state index contributed by atoms with van der Waals surface area (Å²) >= 11 is 0. The quantitative estimate of drug-likeness (QED) is 0.582. The zero-order chi connectivity index (χ0) is 13.4. The lowest BCUT2D eigenvalue weighted by Crippen LogP contribution is -2.18. The van der Waals surface area contributed by atoms with Gasteiger partial charge < -0.3 is 4.74 Å². The topological polar surface area (TPSA) is 9.23 Å². The summed E-state index contributed by atoms with van der Waals surface area (Å²) in [5.41, 5.74) is 4.30. The van der Waals surface area contributed by atoms with Gasteiger partial charge in [0.1, 0.15) is 8.07 Å². The highest BCUT2D eigenvalue weighted by Crippen LogP contribution is 1.99. The van der Waals surface area contributed by atoms with E-state index in [0.717, 1.165) is 5.56 Å². The highest BCUT2D eigenvalue weighted by atomic mass is 28.3. The van der Waals surface area contributed by atoms with Gasteiger partial charge in [-0.1, -0.05) is 55.6 Å². The van der Waals surface area contributed by atoms with Crippen LogP contribution in [0.3, 0.4) is 0 Å². The Morgan fingerprint density at radius 1 is 1.11 bits per heavy atom. The summed E-state index contributed by atoms with van der Waals surface area (Å²) in [6.07, 6.45) is -0.276. The van der Waals surface area contributed by atoms with Crippen LogP contribution in [0, 0.1) is 23.3 Å². The Labute approximate surface area is 112 Å². The first-order valence-electron chi connectivity index (χ1n) is 6.22. The Morgan fingerprint density at radius 3 is 2.33 bits per heavy atom. The Morgan fingerprint density at radius 2 is 1.78 bits per heavy atom. The van der Waals surface area contributed by atoms with Gasteiger partial charge in [0, 0.05) is 12.2 Å². The van der Waals surface area contributed by atoms with E-state index in [9.17, 15) is 0 Å². The van der Waals surface area contributed by atoms with E-state index in [1.165, 1.54) is 0 Å². The third kappa shape index (κ3) is 6.30. The number of hydrogen-bond donors (Lipinski definition) is 0. The van der Waals surface area contributed by atoms with E-state index in [0.29, 0.717) is 6.61 Å². The fourth-order valence-corrected chi connectivity index (χ4v) is 1.80. The Balaban J connectivity index is 2.81. The molecule has 0 bridgehead atoms. The fraction of sp³-hybridized carbons (Fsp3) is 0.375. The molecule has 0 fully saturated rings. The van der Waals surface area contributed by atoms with Crippen LogP contribution in [0.25, 0.3) is 0 Å². The lowest BCUT2D eigenvalue weighted by molar-refractivity contribution is 0.140. The van der Waals surface area contributed by atoms with E-state index >= 15 is 0 Å². The normalized spacial score (nSPS) is 11.8. The van der Waals surface area contributed by atoms with Gasteiger partial charge in [0.2, 0.25) is 0 Å². The fourth-order valence-electron chi connectivity index (χ4n) is 1.24. The molecular weight excluding hydrogens is 236 g/mol. The van der Waals surface area contributed by atoms with Crippen molar-refractivity contribution in [2.75, 3.05) is 6.61 Å². The highest BCUT2D eigenvalue weighted by molar-refractivity contribution is 6.83. The second-order valence-corrected chi connectivity index (χ2v) is 9.74. The Hall–Kier alpha value is -1.48. The summed E-state index contributed by atoms with van der Waals surface area (Å²) in [4.78, 5) is 0. The largest absolute Gasteiger partial charge is 0.354 e. The molecule has 1 unspecified atom stereocenters. The van der Waals surface area contributed by atoms with Crippen molar-refractivity contribution in [3.8, 4) is 23.3 Å². The smallest absolute Gasteiger partial charge is 0.179 e. The standard InChI is InChI=1S/C16H20OSi/c1-5-17-16(13-14-18(2,3)4)12-11-15-9-7-6-8-10-15/h6-10,16H,5H2,1-4H3. The molecule has 2 heteroatoms. The molecule has 0 saturated carbocycles. The molecule has 1 rings (SSSR count). The van der Waals surface area contributed by atoms with Gasteiger partial charge in [0.15, 0.2) is 6.10 Å². The highest BCUT2D eigenvalue weighted by Gasteiger charge is 2.08. The van der Waals surface area contributed by atoms with Crippen LogP contribution in [0.2, 0.25) is 19.6 Å². The maximum atomic E-state index is 5.53. The monoisotopic (exact) mass is 256 g/mol. The molecule has 0 amide bonds. The van der Waals surface area contributed by atoms with Crippen LogP contribution in [-0.2, 0) is 4.74 Å². The maximum absolute atomic E-state index is 5.53. The molecule has 0 saturated heterocycles. The summed E-state index contributed by atoms with van der Waals surface area (Å²) in [5, 5.41) is 0. The summed E-state index contributed by atoms with van der Waals surface area (Å²) < 4.78 is 5.53. The first-order chi connectivity index (χ1) is 8.51. The number of rotatable bonds is 2. The van der Waals surface area contributed by atoms with Crippen LogP contribution in [-0.4, -0.2) is 20.8 Å². The molecule has 0 heterocycles. The van der Waals surface area contributed by atoms with Crippen molar-refractivity contribution in [2.45, 2.75) is 32.7 Å². The van der Waals surface area contributed by atoms with Gasteiger partial charge in [-0.05, 0) is 19.1 Å². The van der Waals surface area contributed by atoms with Crippen molar-refractivity contribution in [1.29, 1.82) is 0 Å². The first kappa shape index (κ1) is 14.6. The summed E-state index contributed by atoms with van der Waals surface area (Å²) in [6.45, 7) is 9.25. The lowest BCUT2D eigenvalue weighted by Gasteiger charge is -2.06. The van der Waals surface area contributed by atoms with E-state index in [-0.39, 0.29) is 6.10 Å². The summed E-state index contributed by atoms with van der Waals surface area (Å²) in [6, 6.07) is 9.92. The number of benzene rings is 1. The molecule has 1 nitrogen and oxygen atoms in total. The van der Waals surface area contributed by atoms with Crippen LogP contribution in [0.15, 0.2) is 30.3 Å². The third-order valence-electron chi connectivity index (χ3n) is 2.03. The van der Waals surface area contributed by atoms with E-state index in [1.807, 2.05) is 37.3 Å². The molecule has 0 aliphatic carbocycles.